The van der Waals surface area contributed by atoms with Gasteiger partial charge >= 0.3 is 0 Å². The summed E-state index contributed by atoms with van der Waals surface area (Å²) in [5.41, 5.74) is 6.43. The van der Waals surface area contributed by atoms with Gasteiger partial charge in [-0.15, -0.1) is 11.8 Å². The molecule has 0 saturated carbocycles. The molecule has 2 N–H and O–H groups in total. The highest BCUT2D eigenvalue weighted by Crippen LogP contribution is 2.28. The first-order valence-corrected chi connectivity index (χ1v) is 6.30. The van der Waals surface area contributed by atoms with Gasteiger partial charge in [0.1, 0.15) is 5.82 Å². The van der Waals surface area contributed by atoms with Gasteiger partial charge in [-0.25, -0.2) is 4.39 Å². The third-order valence-electron chi connectivity index (χ3n) is 2.28. The molecule has 0 amide bonds. The molecular formula is C12H18FNS. The number of nitrogens with two attached hydrogens (primary N) is 1. The van der Waals surface area contributed by atoms with Crippen molar-refractivity contribution in [3.8, 4) is 0 Å². The summed E-state index contributed by atoms with van der Waals surface area (Å²) in [5, 5.41) is 0. The first-order chi connectivity index (χ1) is 7.13. The van der Waals surface area contributed by atoms with E-state index < -0.39 is 0 Å². The van der Waals surface area contributed by atoms with Crippen molar-refractivity contribution in [1.29, 1.82) is 0 Å². The number of hydrogen-bond donors (Lipinski definition) is 1. The second kappa shape index (κ2) is 6.01. The maximum atomic E-state index is 13.0. The number of nitrogen functional groups attached to an aromatic ring is 1. The minimum atomic E-state index is -0.213. The quantitative estimate of drug-likeness (QED) is 0.609. The Hall–Kier alpha value is -0.700. The molecule has 0 spiro atoms. The Morgan fingerprint density at radius 3 is 2.87 bits per heavy atom. The highest BCUT2D eigenvalue weighted by molar-refractivity contribution is 7.99. The van der Waals surface area contributed by atoms with Gasteiger partial charge in [-0.2, -0.15) is 0 Å². The number of thioether (sulfide) groups is 1. The van der Waals surface area contributed by atoms with E-state index in [4.69, 9.17) is 5.73 Å². The monoisotopic (exact) mass is 227 g/mol. The van der Waals surface area contributed by atoms with Crippen molar-refractivity contribution in [2.45, 2.75) is 31.6 Å². The third kappa shape index (κ3) is 4.12. The van der Waals surface area contributed by atoms with Crippen molar-refractivity contribution in [3.05, 3.63) is 24.0 Å². The van der Waals surface area contributed by atoms with Gasteiger partial charge in [0.2, 0.25) is 0 Å². The molecule has 84 valence electrons. The van der Waals surface area contributed by atoms with Crippen molar-refractivity contribution < 1.29 is 4.39 Å². The summed E-state index contributed by atoms with van der Waals surface area (Å²) in [4.78, 5) is 0.859. The topological polar surface area (TPSA) is 26.0 Å². The highest BCUT2D eigenvalue weighted by Gasteiger charge is 2.05. The highest BCUT2D eigenvalue weighted by atomic mass is 32.2. The maximum Gasteiger partial charge on any atom is 0.124 e. The minimum absolute atomic E-state index is 0.213. The summed E-state index contributed by atoms with van der Waals surface area (Å²) in [6.07, 6.45) is 2.41. The van der Waals surface area contributed by atoms with Crippen molar-refractivity contribution in [2.24, 2.45) is 5.92 Å². The third-order valence-corrected chi connectivity index (χ3v) is 3.68. The van der Waals surface area contributed by atoms with E-state index in [1.165, 1.54) is 25.0 Å². The van der Waals surface area contributed by atoms with E-state index in [0.29, 0.717) is 11.6 Å². The zero-order valence-corrected chi connectivity index (χ0v) is 10.1. The maximum absolute atomic E-state index is 13.0. The molecule has 0 radical (unpaired) electrons. The van der Waals surface area contributed by atoms with Gasteiger partial charge in [-0.1, -0.05) is 26.7 Å². The van der Waals surface area contributed by atoms with Crippen LogP contribution in [0.4, 0.5) is 10.1 Å². The van der Waals surface area contributed by atoms with E-state index in [9.17, 15) is 4.39 Å². The summed E-state index contributed by atoms with van der Waals surface area (Å²) in [7, 11) is 0. The first-order valence-electron chi connectivity index (χ1n) is 5.31. The molecule has 1 rings (SSSR count). The predicted molar refractivity (Wildman–Crippen MR) is 65.6 cm³/mol. The van der Waals surface area contributed by atoms with E-state index in [0.717, 1.165) is 10.6 Å². The average Bonchev–Trinajstić information content (AvgIpc) is 2.20. The fourth-order valence-corrected chi connectivity index (χ4v) is 2.50. The standard InChI is InChI=1S/C12H18FNS/c1-3-4-9(2)8-15-12-7-10(13)5-6-11(12)14/h5-7,9H,3-4,8,14H2,1-2H3. The van der Waals surface area contributed by atoms with Crippen LogP contribution in [-0.4, -0.2) is 5.75 Å². The average molecular weight is 227 g/mol. The van der Waals surface area contributed by atoms with E-state index in [-0.39, 0.29) is 5.82 Å². The Balaban J connectivity index is 2.53. The van der Waals surface area contributed by atoms with Gasteiger partial charge in [-0.05, 0) is 24.1 Å². The minimum Gasteiger partial charge on any atom is -0.398 e. The molecule has 15 heavy (non-hydrogen) atoms. The summed E-state index contributed by atoms with van der Waals surface area (Å²) in [6.45, 7) is 4.39. The Bertz CT molecular complexity index is 314. The SMILES string of the molecule is CCCC(C)CSc1cc(F)ccc1N. The Morgan fingerprint density at radius 2 is 2.20 bits per heavy atom. The van der Waals surface area contributed by atoms with Crippen LogP contribution in [0.25, 0.3) is 0 Å². The Labute approximate surface area is 95.2 Å². The molecule has 1 nitrogen and oxygen atoms in total. The summed E-state index contributed by atoms with van der Waals surface area (Å²) in [6, 6.07) is 4.54. The van der Waals surface area contributed by atoms with Gasteiger partial charge in [-0.3, -0.25) is 0 Å². The molecule has 3 heteroatoms. The second-order valence-corrected chi connectivity index (χ2v) is 4.95. The van der Waals surface area contributed by atoms with Crippen LogP contribution in [0, 0.1) is 11.7 Å². The number of anilines is 1. The number of hydrogen-bond acceptors (Lipinski definition) is 2. The van der Waals surface area contributed by atoms with Crippen LogP contribution < -0.4 is 5.73 Å². The molecule has 0 fully saturated rings. The first kappa shape index (κ1) is 12.4. The normalized spacial score (nSPS) is 12.7. The lowest BCUT2D eigenvalue weighted by atomic mass is 10.1. The van der Waals surface area contributed by atoms with Crippen LogP contribution >= 0.6 is 11.8 Å². The molecule has 1 aromatic carbocycles. The molecule has 1 unspecified atom stereocenters. The molecular weight excluding hydrogens is 209 g/mol. The molecule has 0 heterocycles. The van der Waals surface area contributed by atoms with Gasteiger partial charge in [0.05, 0.1) is 0 Å². The molecule has 0 aliphatic rings. The van der Waals surface area contributed by atoms with Crippen molar-refractivity contribution in [1.82, 2.24) is 0 Å². The zero-order valence-electron chi connectivity index (χ0n) is 9.29. The van der Waals surface area contributed by atoms with Crippen LogP contribution in [0.15, 0.2) is 23.1 Å². The lowest BCUT2D eigenvalue weighted by Crippen LogP contribution is -1.98. The number of rotatable bonds is 5. The van der Waals surface area contributed by atoms with Crippen LogP contribution in [0.5, 0.6) is 0 Å². The second-order valence-electron chi connectivity index (χ2n) is 3.89. The number of benzene rings is 1. The molecule has 1 atom stereocenters. The molecule has 0 aliphatic carbocycles. The van der Waals surface area contributed by atoms with Crippen molar-refractivity contribution >= 4 is 17.4 Å². The fraction of sp³-hybridized carbons (Fsp3) is 0.500. The van der Waals surface area contributed by atoms with Gasteiger partial charge in [0.25, 0.3) is 0 Å². The Kier molecular flexibility index (Phi) is 4.95. The Morgan fingerprint density at radius 1 is 1.47 bits per heavy atom. The molecule has 1 aromatic rings. The predicted octanol–water partition coefficient (Wildman–Crippen LogP) is 3.94. The van der Waals surface area contributed by atoms with Gasteiger partial charge < -0.3 is 5.73 Å². The van der Waals surface area contributed by atoms with Gasteiger partial charge in [0.15, 0.2) is 0 Å². The van der Waals surface area contributed by atoms with Crippen LogP contribution in [0.1, 0.15) is 26.7 Å². The smallest absolute Gasteiger partial charge is 0.124 e. The zero-order chi connectivity index (χ0) is 11.3. The molecule has 0 saturated heterocycles. The van der Waals surface area contributed by atoms with E-state index >= 15 is 0 Å². The van der Waals surface area contributed by atoms with Gasteiger partial charge in [0, 0.05) is 16.3 Å². The molecule has 0 bridgehead atoms. The van der Waals surface area contributed by atoms with E-state index in [2.05, 4.69) is 13.8 Å². The van der Waals surface area contributed by atoms with E-state index in [1.807, 2.05) is 0 Å². The molecule has 0 aromatic heterocycles. The lowest BCUT2D eigenvalue weighted by molar-refractivity contribution is 0.585. The molecule has 0 aliphatic heterocycles. The van der Waals surface area contributed by atoms with Crippen LogP contribution in [-0.2, 0) is 0 Å². The van der Waals surface area contributed by atoms with Crippen molar-refractivity contribution in [2.75, 3.05) is 11.5 Å². The fourth-order valence-electron chi connectivity index (χ4n) is 1.44. The largest absolute Gasteiger partial charge is 0.398 e. The summed E-state index contributed by atoms with van der Waals surface area (Å²) < 4.78 is 13.0. The van der Waals surface area contributed by atoms with E-state index in [1.54, 1.807) is 17.8 Å². The summed E-state index contributed by atoms with van der Waals surface area (Å²) in [5.74, 6) is 1.44. The van der Waals surface area contributed by atoms with Crippen molar-refractivity contribution in [3.63, 3.8) is 0 Å². The number of halogens is 1. The summed E-state index contributed by atoms with van der Waals surface area (Å²) >= 11 is 1.64. The van der Waals surface area contributed by atoms with Crippen LogP contribution in [0.3, 0.4) is 0 Å². The van der Waals surface area contributed by atoms with Crippen LogP contribution in [0.2, 0.25) is 0 Å². The lowest BCUT2D eigenvalue weighted by Gasteiger charge is -2.10.